The van der Waals surface area contributed by atoms with Gasteiger partial charge in [0.05, 0.1) is 6.42 Å². The molecule has 0 aromatic heterocycles. The summed E-state index contributed by atoms with van der Waals surface area (Å²) >= 11 is 0. The minimum absolute atomic E-state index is 0.0642. The molecule has 0 spiro atoms. The Kier molecular flexibility index (Phi) is 6.64. The highest BCUT2D eigenvalue weighted by molar-refractivity contribution is 5.92. The molecule has 126 valence electrons. The monoisotopic (exact) mass is 329 g/mol. The highest BCUT2D eigenvalue weighted by atomic mass is 16.5. The van der Waals surface area contributed by atoms with Gasteiger partial charge in [-0.1, -0.05) is 24.3 Å². The van der Waals surface area contributed by atoms with Gasteiger partial charge in [0.25, 0.3) is 0 Å². The number of ether oxygens (including phenoxy) is 2. The molecule has 24 heavy (non-hydrogen) atoms. The van der Waals surface area contributed by atoms with E-state index in [1.54, 1.807) is 24.3 Å². The molecule has 0 radical (unpaired) electrons. The molecular formula is C18H19NO5. The fourth-order valence-electron chi connectivity index (χ4n) is 1.94. The SMILES string of the molecule is O=C(O)CCC(=O)Nc1cccc(OCCOc2ccccc2)c1. The normalized spacial score (nSPS) is 10.0. The third-order valence-corrected chi connectivity index (χ3v) is 3.05. The van der Waals surface area contributed by atoms with E-state index in [4.69, 9.17) is 14.6 Å². The van der Waals surface area contributed by atoms with Crippen LogP contribution in [0.2, 0.25) is 0 Å². The second-order valence-corrected chi connectivity index (χ2v) is 4.98. The van der Waals surface area contributed by atoms with Gasteiger partial charge in [-0.3, -0.25) is 9.59 Å². The number of benzene rings is 2. The average Bonchev–Trinajstić information content (AvgIpc) is 2.58. The van der Waals surface area contributed by atoms with Crippen LogP contribution in [0.1, 0.15) is 12.8 Å². The minimum atomic E-state index is -0.999. The van der Waals surface area contributed by atoms with E-state index in [1.165, 1.54) is 0 Å². The van der Waals surface area contributed by atoms with Gasteiger partial charge in [0, 0.05) is 18.2 Å². The van der Waals surface area contributed by atoms with Gasteiger partial charge in [-0.25, -0.2) is 0 Å². The second kappa shape index (κ2) is 9.19. The lowest BCUT2D eigenvalue weighted by atomic mass is 10.2. The maximum Gasteiger partial charge on any atom is 0.303 e. The lowest BCUT2D eigenvalue weighted by molar-refractivity contribution is -0.138. The predicted octanol–water partition coefficient (Wildman–Crippen LogP) is 2.95. The first-order valence-corrected chi connectivity index (χ1v) is 7.56. The standard InChI is InChI=1S/C18H19NO5/c20-17(9-10-18(21)22)19-14-5-4-8-16(13-14)24-12-11-23-15-6-2-1-3-7-15/h1-8,13H,9-12H2,(H,19,20)(H,21,22). The van der Waals surface area contributed by atoms with Crippen LogP contribution < -0.4 is 14.8 Å². The van der Waals surface area contributed by atoms with Crippen LogP contribution in [0.15, 0.2) is 54.6 Å². The zero-order chi connectivity index (χ0) is 17.2. The van der Waals surface area contributed by atoms with Crippen molar-refractivity contribution in [2.24, 2.45) is 0 Å². The number of carbonyl (C=O) groups is 2. The van der Waals surface area contributed by atoms with Crippen molar-refractivity contribution in [3.63, 3.8) is 0 Å². The molecule has 0 fully saturated rings. The van der Waals surface area contributed by atoms with Gasteiger partial charge in [0.2, 0.25) is 5.91 Å². The van der Waals surface area contributed by atoms with Gasteiger partial charge in [-0.05, 0) is 24.3 Å². The van der Waals surface area contributed by atoms with E-state index in [9.17, 15) is 9.59 Å². The summed E-state index contributed by atoms with van der Waals surface area (Å²) in [4.78, 5) is 22.1. The summed E-state index contributed by atoms with van der Waals surface area (Å²) in [6.07, 6.45) is -0.260. The smallest absolute Gasteiger partial charge is 0.303 e. The number of anilines is 1. The maximum absolute atomic E-state index is 11.6. The summed E-state index contributed by atoms with van der Waals surface area (Å²) in [6, 6.07) is 16.4. The Hall–Kier alpha value is -3.02. The highest BCUT2D eigenvalue weighted by Crippen LogP contribution is 2.18. The summed E-state index contributed by atoms with van der Waals surface area (Å²) in [7, 11) is 0. The lowest BCUT2D eigenvalue weighted by Crippen LogP contribution is -2.13. The summed E-state index contributed by atoms with van der Waals surface area (Å²) in [5.74, 6) is 0.0332. The van der Waals surface area contributed by atoms with Crippen molar-refractivity contribution < 1.29 is 24.2 Å². The minimum Gasteiger partial charge on any atom is -0.490 e. The van der Waals surface area contributed by atoms with Crippen molar-refractivity contribution in [3.8, 4) is 11.5 Å². The van der Waals surface area contributed by atoms with E-state index in [-0.39, 0.29) is 18.7 Å². The Balaban J connectivity index is 1.75. The van der Waals surface area contributed by atoms with Crippen molar-refractivity contribution in [2.75, 3.05) is 18.5 Å². The van der Waals surface area contributed by atoms with Crippen molar-refractivity contribution in [1.29, 1.82) is 0 Å². The van der Waals surface area contributed by atoms with Crippen LogP contribution in [0.4, 0.5) is 5.69 Å². The van der Waals surface area contributed by atoms with Gasteiger partial charge < -0.3 is 19.9 Å². The van der Waals surface area contributed by atoms with E-state index in [1.807, 2.05) is 30.3 Å². The number of carbonyl (C=O) groups excluding carboxylic acids is 1. The Morgan fingerprint density at radius 3 is 2.25 bits per heavy atom. The van der Waals surface area contributed by atoms with Crippen LogP contribution >= 0.6 is 0 Å². The van der Waals surface area contributed by atoms with E-state index < -0.39 is 5.97 Å². The average molecular weight is 329 g/mol. The van der Waals surface area contributed by atoms with E-state index in [0.29, 0.717) is 24.7 Å². The second-order valence-electron chi connectivity index (χ2n) is 4.98. The number of aliphatic carboxylic acids is 1. The number of hydrogen-bond donors (Lipinski definition) is 2. The molecule has 1 amide bonds. The first-order valence-electron chi connectivity index (χ1n) is 7.56. The maximum atomic E-state index is 11.6. The first kappa shape index (κ1) is 17.3. The van der Waals surface area contributed by atoms with E-state index in [2.05, 4.69) is 5.32 Å². The number of carboxylic acid groups (broad SMARTS) is 1. The Morgan fingerprint density at radius 1 is 0.875 bits per heavy atom. The number of amides is 1. The van der Waals surface area contributed by atoms with Crippen LogP contribution in [0.5, 0.6) is 11.5 Å². The highest BCUT2D eigenvalue weighted by Gasteiger charge is 2.06. The van der Waals surface area contributed by atoms with Crippen LogP contribution in [0.3, 0.4) is 0 Å². The zero-order valence-corrected chi connectivity index (χ0v) is 13.1. The number of rotatable bonds is 9. The lowest BCUT2D eigenvalue weighted by Gasteiger charge is -2.10. The molecule has 2 N–H and O–H groups in total. The molecule has 2 rings (SSSR count). The molecule has 2 aromatic rings. The van der Waals surface area contributed by atoms with Crippen molar-refractivity contribution in [2.45, 2.75) is 12.8 Å². The summed E-state index contributed by atoms with van der Waals surface area (Å²) in [6.45, 7) is 0.768. The van der Waals surface area contributed by atoms with Gasteiger partial charge in [0.15, 0.2) is 0 Å². The molecule has 0 aliphatic heterocycles. The molecule has 0 unspecified atom stereocenters. The number of hydrogen-bond acceptors (Lipinski definition) is 4. The molecule has 0 saturated heterocycles. The molecule has 0 bridgehead atoms. The molecule has 0 heterocycles. The quantitative estimate of drug-likeness (QED) is 0.691. The Labute approximate surface area is 140 Å². The van der Waals surface area contributed by atoms with Gasteiger partial charge in [0.1, 0.15) is 24.7 Å². The topological polar surface area (TPSA) is 84.9 Å². The number of carboxylic acids is 1. The first-order chi connectivity index (χ1) is 11.6. The summed E-state index contributed by atoms with van der Waals surface area (Å²) in [5, 5.41) is 11.2. The largest absolute Gasteiger partial charge is 0.490 e. The zero-order valence-electron chi connectivity index (χ0n) is 13.1. The van der Waals surface area contributed by atoms with Gasteiger partial charge in [-0.2, -0.15) is 0 Å². The van der Waals surface area contributed by atoms with Crippen LogP contribution in [-0.4, -0.2) is 30.2 Å². The van der Waals surface area contributed by atoms with Crippen molar-refractivity contribution >= 4 is 17.6 Å². The molecule has 0 saturated carbocycles. The molecule has 2 aromatic carbocycles. The third kappa shape index (κ3) is 6.39. The third-order valence-electron chi connectivity index (χ3n) is 3.05. The van der Waals surface area contributed by atoms with Crippen molar-refractivity contribution in [1.82, 2.24) is 0 Å². The number of para-hydroxylation sites is 1. The number of nitrogens with one attached hydrogen (secondary N) is 1. The molecule has 0 aliphatic carbocycles. The fraction of sp³-hybridized carbons (Fsp3) is 0.222. The fourth-order valence-corrected chi connectivity index (χ4v) is 1.94. The predicted molar refractivity (Wildman–Crippen MR) is 89.4 cm³/mol. The van der Waals surface area contributed by atoms with E-state index >= 15 is 0 Å². The Bertz CT molecular complexity index is 672. The molecule has 6 nitrogen and oxygen atoms in total. The summed E-state index contributed by atoms with van der Waals surface area (Å²) < 4.78 is 11.1. The van der Waals surface area contributed by atoms with Gasteiger partial charge >= 0.3 is 5.97 Å². The van der Waals surface area contributed by atoms with Crippen LogP contribution in [0.25, 0.3) is 0 Å². The Morgan fingerprint density at radius 2 is 1.54 bits per heavy atom. The molecule has 0 atom stereocenters. The van der Waals surface area contributed by atoms with Crippen LogP contribution in [-0.2, 0) is 9.59 Å². The van der Waals surface area contributed by atoms with Crippen molar-refractivity contribution in [3.05, 3.63) is 54.6 Å². The summed E-state index contributed by atoms with van der Waals surface area (Å²) in [5.41, 5.74) is 0.562. The molecule has 6 heteroatoms. The van der Waals surface area contributed by atoms with Gasteiger partial charge in [-0.15, -0.1) is 0 Å². The van der Waals surface area contributed by atoms with Crippen LogP contribution in [0, 0.1) is 0 Å². The van der Waals surface area contributed by atoms with E-state index in [0.717, 1.165) is 5.75 Å². The molecule has 0 aliphatic rings. The molecular weight excluding hydrogens is 310 g/mol.